The molecule has 1 atom stereocenters. The van der Waals surface area contributed by atoms with Gasteiger partial charge in [0.25, 0.3) is 10.0 Å². The summed E-state index contributed by atoms with van der Waals surface area (Å²) in [5, 5.41) is 9.72. The van der Waals surface area contributed by atoms with E-state index in [0.717, 1.165) is 6.42 Å². The molecular weight excluding hydrogens is 448 g/mol. The number of rotatable bonds is 9. The van der Waals surface area contributed by atoms with Gasteiger partial charge in [-0.15, -0.1) is 0 Å². The minimum absolute atomic E-state index is 0.0142. The van der Waals surface area contributed by atoms with E-state index >= 15 is 0 Å². The van der Waals surface area contributed by atoms with Crippen molar-refractivity contribution in [2.45, 2.75) is 31.6 Å². The monoisotopic (exact) mass is 476 g/mol. The van der Waals surface area contributed by atoms with E-state index in [1.54, 1.807) is 13.0 Å². The van der Waals surface area contributed by atoms with E-state index in [-0.39, 0.29) is 28.0 Å². The maximum absolute atomic E-state index is 12.8. The van der Waals surface area contributed by atoms with Gasteiger partial charge in [0.15, 0.2) is 0 Å². The lowest BCUT2D eigenvalue weighted by molar-refractivity contribution is -0.148. The fraction of sp³-hybridized carbons (Fsp3) is 0.391. The van der Waals surface area contributed by atoms with E-state index in [4.69, 9.17) is 9.47 Å². The Bertz CT molecular complexity index is 1100. The highest BCUT2D eigenvalue weighted by molar-refractivity contribution is 7.92. The highest BCUT2D eigenvalue weighted by Crippen LogP contribution is 2.29. The van der Waals surface area contributed by atoms with Crippen molar-refractivity contribution < 1.29 is 32.6 Å². The lowest BCUT2D eigenvalue weighted by Crippen LogP contribution is -2.39. The number of carbonyl (C=O) groups is 2. The van der Waals surface area contributed by atoms with Crippen LogP contribution in [0.3, 0.4) is 0 Å². The second-order valence-electron chi connectivity index (χ2n) is 7.58. The summed E-state index contributed by atoms with van der Waals surface area (Å²) in [5.41, 5.74) is 0.379. The molecule has 0 radical (unpaired) electrons. The molecule has 1 unspecified atom stereocenters. The molecule has 1 aliphatic rings. The van der Waals surface area contributed by atoms with Crippen LogP contribution in [0.1, 0.15) is 37.0 Å². The Hall–Kier alpha value is -3.27. The SMILES string of the molecule is CCOC(=O)C1CCCN(c2ccc(NS(=O)(=O)c3ccc(OCC)cc3)c(C(=O)O)c2)C1. The smallest absolute Gasteiger partial charge is 0.337 e. The van der Waals surface area contributed by atoms with Crippen molar-refractivity contribution in [2.75, 3.05) is 35.9 Å². The van der Waals surface area contributed by atoms with Crippen molar-refractivity contribution in [1.29, 1.82) is 0 Å². The summed E-state index contributed by atoms with van der Waals surface area (Å²) < 4.78 is 38.4. The second kappa shape index (κ2) is 10.6. The number of nitrogens with zero attached hydrogens (tertiary/aromatic N) is 1. The van der Waals surface area contributed by atoms with Crippen LogP contribution in [0.15, 0.2) is 47.4 Å². The predicted octanol–water partition coefficient (Wildman–Crippen LogP) is 3.36. The summed E-state index contributed by atoms with van der Waals surface area (Å²) in [6, 6.07) is 10.4. The standard InChI is InChI=1S/C23H28N2O7S/c1-3-31-18-8-10-19(11-9-18)33(29,30)24-21-12-7-17(14-20(21)22(26)27)25-13-5-6-16(15-25)23(28)32-4-2/h7-12,14,16,24H,3-6,13,15H2,1-2H3,(H,26,27). The molecule has 33 heavy (non-hydrogen) atoms. The molecule has 1 saturated heterocycles. The fourth-order valence-electron chi connectivity index (χ4n) is 3.74. The topological polar surface area (TPSA) is 122 Å². The van der Waals surface area contributed by atoms with Crippen LogP contribution < -0.4 is 14.4 Å². The van der Waals surface area contributed by atoms with Crippen molar-refractivity contribution in [2.24, 2.45) is 5.92 Å². The van der Waals surface area contributed by atoms with Crippen LogP contribution in [0.25, 0.3) is 0 Å². The molecular formula is C23H28N2O7S. The number of hydrogen-bond acceptors (Lipinski definition) is 7. The van der Waals surface area contributed by atoms with Gasteiger partial charge >= 0.3 is 11.9 Å². The Morgan fingerprint density at radius 3 is 2.48 bits per heavy atom. The molecule has 1 fully saturated rings. The van der Waals surface area contributed by atoms with Crippen molar-refractivity contribution in [1.82, 2.24) is 0 Å². The van der Waals surface area contributed by atoms with Gasteiger partial charge in [0.1, 0.15) is 5.75 Å². The van der Waals surface area contributed by atoms with Crippen molar-refractivity contribution >= 4 is 33.3 Å². The summed E-state index contributed by atoms with van der Waals surface area (Å²) in [7, 11) is -4.01. The number of sulfonamides is 1. The van der Waals surface area contributed by atoms with Gasteiger partial charge in [0.2, 0.25) is 0 Å². The van der Waals surface area contributed by atoms with Gasteiger partial charge in [0, 0.05) is 18.8 Å². The number of benzene rings is 2. The molecule has 0 amide bonds. The second-order valence-corrected chi connectivity index (χ2v) is 9.26. The number of carbonyl (C=O) groups excluding carboxylic acids is 1. The number of ether oxygens (including phenoxy) is 2. The van der Waals surface area contributed by atoms with E-state index in [0.29, 0.717) is 44.2 Å². The zero-order chi connectivity index (χ0) is 24.0. The maximum atomic E-state index is 12.8. The van der Waals surface area contributed by atoms with Gasteiger partial charge in [-0.25, -0.2) is 13.2 Å². The predicted molar refractivity (Wildman–Crippen MR) is 123 cm³/mol. The summed E-state index contributed by atoms with van der Waals surface area (Å²) >= 11 is 0. The number of anilines is 2. The van der Waals surface area contributed by atoms with Crippen molar-refractivity contribution in [3.8, 4) is 5.75 Å². The molecule has 10 heteroatoms. The van der Waals surface area contributed by atoms with Gasteiger partial charge in [-0.2, -0.15) is 0 Å². The van der Waals surface area contributed by atoms with Crippen molar-refractivity contribution in [3.05, 3.63) is 48.0 Å². The molecule has 0 bridgehead atoms. The molecule has 2 aromatic carbocycles. The number of carboxylic acids is 1. The maximum Gasteiger partial charge on any atom is 0.337 e. The van der Waals surface area contributed by atoms with Gasteiger partial charge in [-0.05, 0) is 69.2 Å². The Morgan fingerprint density at radius 1 is 1.12 bits per heavy atom. The number of hydrogen-bond donors (Lipinski definition) is 2. The van der Waals surface area contributed by atoms with Gasteiger partial charge in [-0.3, -0.25) is 9.52 Å². The lowest BCUT2D eigenvalue weighted by atomic mass is 9.97. The number of aromatic carboxylic acids is 1. The third kappa shape index (κ3) is 5.95. The van der Waals surface area contributed by atoms with E-state index in [1.807, 2.05) is 11.8 Å². The summed E-state index contributed by atoms with van der Waals surface area (Å²) in [6.45, 7) is 5.41. The van der Waals surface area contributed by atoms with Gasteiger partial charge < -0.3 is 19.5 Å². The minimum atomic E-state index is -4.01. The van der Waals surface area contributed by atoms with E-state index in [1.165, 1.54) is 36.4 Å². The Kier molecular flexibility index (Phi) is 7.80. The molecule has 0 saturated carbocycles. The first-order valence-corrected chi connectivity index (χ1v) is 12.3. The molecule has 2 N–H and O–H groups in total. The van der Waals surface area contributed by atoms with Crippen LogP contribution in [0.2, 0.25) is 0 Å². The molecule has 9 nitrogen and oxygen atoms in total. The van der Waals surface area contributed by atoms with Gasteiger partial charge in [-0.1, -0.05) is 0 Å². The molecule has 2 aromatic rings. The molecule has 3 rings (SSSR count). The van der Waals surface area contributed by atoms with E-state index in [9.17, 15) is 23.1 Å². The third-order valence-corrected chi connectivity index (χ3v) is 6.71. The number of nitrogens with one attached hydrogen (secondary N) is 1. The normalized spacial score (nSPS) is 16.2. The summed E-state index contributed by atoms with van der Waals surface area (Å²) in [4.78, 5) is 25.9. The molecule has 0 aliphatic carbocycles. The number of carboxylic acid groups (broad SMARTS) is 1. The first kappa shape index (κ1) is 24.4. The largest absolute Gasteiger partial charge is 0.494 e. The Balaban J connectivity index is 1.82. The number of esters is 1. The van der Waals surface area contributed by atoms with Crippen LogP contribution in [0.4, 0.5) is 11.4 Å². The zero-order valence-corrected chi connectivity index (χ0v) is 19.4. The van der Waals surface area contributed by atoms with Crippen LogP contribution in [0, 0.1) is 5.92 Å². The molecule has 0 aromatic heterocycles. The third-order valence-electron chi connectivity index (χ3n) is 5.33. The fourth-order valence-corrected chi connectivity index (χ4v) is 4.82. The highest BCUT2D eigenvalue weighted by atomic mass is 32.2. The first-order valence-electron chi connectivity index (χ1n) is 10.8. The summed E-state index contributed by atoms with van der Waals surface area (Å²) in [5.74, 6) is -1.28. The minimum Gasteiger partial charge on any atom is -0.494 e. The first-order chi connectivity index (χ1) is 15.7. The van der Waals surface area contributed by atoms with Crippen LogP contribution >= 0.6 is 0 Å². The average Bonchev–Trinajstić information content (AvgIpc) is 2.80. The molecule has 1 heterocycles. The molecule has 1 aliphatic heterocycles. The zero-order valence-electron chi connectivity index (χ0n) is 18.6. The quantitative estimate of drug-likeness (QED) is 0.528. The van der Waals surface area contributed by atoms with Crippen LogP contribution in [0.5, 0.6) is 5.75 Å². The highest BCUT2D eigenvalue weighted by Gasteiger charge is 2.28. The average molecular weight is 477 g/mol. The summed E-state index contributed by atoms with van der Waals surface area (Å²) in [6.07, 6.45) is 1.47. The van der Waals surface area contributed by atoms with Crippen LogP contribution in [-0.4, -0.2) is 51.8 Å². The Labute approximate surface area is 193 Å². The van der Waals surface area contributed by atoms with Crippen molar-refractivity contribution in [3.63, 3.8) is 0 Å². The lowest BCUT2D eigenvalue weighted by Gasteiger charge is -2.33. The van der Waals surface area contributed by atoms with Crippen LogP contribution in [-0.2, 0) is 19.6 Å². The van der Waals surface area contributed by atoms with E-state index in [2.05, 4.69) is 4.72 Å². The molecule has 178 valence electrons. The number of piperidine rings is 1. The Morgan fingerprint density at radius 2 is 1.85 bits per heavy atom. The molecule has 0 spiro atoms. The van der Waals surface area contributed by atoms with E-state index < -0.39 is 16.0 Å². The van der Waals surface area contributed by atoms with Gasteiger partial charge in [0.05, 0.1) is 35.3 Å².